The molecule has 0 aliphatic carbocycles. The van der Waals surface area contributed by atoms with Crippen LogP contribution in [-0.2, 0) is 38.4 Å². The van der Waals surface area contributed by atoms with Crippen LogP contribution in [0.2, 0.25) is 0 Å². The maximum absolute atomic E-state index is 14.0. The molecule has 0 radical (unpaired) electrons. The van der Waals surface area contributed by atoms with Crippen LogP contribution in [0.5, 0.6) is 0 Å². The van der Waals surface area contributed by atoms with Gasteiger partial charge in [0.05, 0.1) is 32.5 Å². The van der Waals surface area contributed by atoms with Crippen LogP contribution >= 0.6 is 0 Å². The lowest BCUT2D eigenvalue weighted by atomic mass is 9.97. The van der Waals surface area contributed by atoms with Gasteiger partial charge in [-0.05, 0) is 60.9 Å². The van der Waals surface area contributed by atoms with E-state index in [0.717, 1.165) is 49.4 Å². The number of aryl methyl sites for hydroxylation is 1. The summed E-state index contributed by atoms with van der Waals surface area (Å²) >= 11 is 0. The molecule has 4 N–H and O–H groups in total. The first-order chi connectivity index (χ1) is 21.2. The molecule has 1 aliphatic rings. The van der Waals surface area contributed by atoms with Crippen LogP contribution in [0.15, 0.2) is 42.5 Å². The number of aliphatic hydroxyl groups is 1. The highest BCUT2D eigenvalue weighted by Crippen LogP contribution is 2.30. The van der Waals surface area contributed by atoms with E-state index in [1.807, 2.05) is 18.2 Å². The van der Waals surface area contributed by atoms with E-state index in [4.69, 9.17) is 14.2 Å². The summed E-state index contributed by atoms with van der Waals surface area (Å²) in [5.74, 6) is -2.96. The summed E-state index contributed by atoms with van der Waals surface area (Å²) in [6, 6.07) is 9.18. The number of rotatable bonds is 17. The number of hydrogen-bond donors (Lipinski definition) is 4. The van der Waals surface area contributed by atoms with Gasteiger partial charge in [-0.3, -0.25) is 4.79 Å². The maximum atomic E-state index is 14.0. The smallest absolute Gasteiger partial charge is 0.407 e. The second kappa shape index (κ2) is 18.0. The fourth-order valence-corrected chi connectivity index (χ4v) is 5.33. The van der Waals surface area contributed by atoms with Gasteiger partial charge in [-0.15, -0.1) is 0 Å². The lowest BCUT2D eigenvalue weighted by Crippen LogP contribution is -2.55. The summed E-state index contributed by atoms with van der Waals surface area (Å²) in [5.41, 5.74) is 2.49. The van der Waals surface area contributed by atoms with Gasteiger partial charge >= 0.3 is 6.09 Å². The number of alkyl carbamates (subject to hydrolysis) is 1. The number of unbranched alkanes of at least 4 members (excludes halogenated alkanes) is 1. The average molecular weight is 620 g/mol. The van der Waals surface area contributed by atoms with Gasteiger partial charge in [0.15, 0.2) is 5.79 Å². The van der Waals surface area contributed by atoms with Crippen molar-refractivity contribution in [1.29, 1.82) is 0 Å². The number of carbonyl (C=O) groups is 2. The van der Waals surface area contributed by atoms with E-state index >= 15 is 0 Å². The Balaban J connectivity index is 1.75. The number of hydrogen-bond acceptors (Lipinski definition) is 7. The third-order valence-corrected chi connectivity index (χ3v) is 7.79. The molecule has 11 heteroatoms. The molecule has 2 amide bonds. The fraction of sp³-hybridized carbons (Fsp3) is 0.576. The van der Waals surface area contributed by atoms with Gasteiger partial charge in [-0.25, -0.2) is 13.6 Å². The predicted octanol–water partition coefficient (Wildman–Crippen LogP) is 4.53. The van der Waals surface area contributed by atoms with Crippen molar-refractivity contribution in [3.63, 3.8) is 0 Å². The Bertz CT molecular complexity index is 1170. The lowest BCUT2D eigenvalue weighted by molar-refractivity contribution is -0.274. The number of methoxy groups -OCH3 is 1. The van der Waals surface area contributed by atoms with Crippen molar-refractivity contribution in [2.45, 2.75) is 95.7 Å². The summed E-state index contributed by atoms with van der Waals surface area (Å²) < 4.78 is 44.9. The van der Waals surface area contributed by atoms with Crippen molar-refractivity contribution in [2.75, 3.05) is 26.9 Å². The predicted molar refractivity (Wildman–Crippen MR) is 163 cm³/mol. The minimum absolute atomic E-state index is 0.0494. The van der Waals surface area contributed by atoms with Gasteiger partial charge in [0, 0.05) is 32.0 Å². The molecule has 44 heavy (non-hydrogen) atoms. The summed E-state index contributed by atoms with van der Waals surface area (Å²) in [6.07, 6.45) is 2.68. The molecule has 2 aromatic rings. The largest absolute Gasteiger partial charge is 0.453 e. The minimum atomic E-state index is -1.13. The normalized spacial score (nSPS) is 16.5. The molecule has 0 spiro atoms. The Hall–Kier alpha value is -3.12. The zero-order valence-electron chi connectivity index (χ0n) is 26.0. The van der Waals surface area contributed by atoms with E-state index in [1.54, 1.807) is 0 Å². The highest BCUT2D eigenvalue weighted by Gasteiger charge is 2.36. The van der Waals surface area contributed by atoms with E-state index in [9.17, 15) is 23.5 Å². The van der Waals surface area contributed by atoms with E-state index in [-0.39, 0.29) is 24.9 Å². The van der Waals surface area contributed by atoms with E-state index in [2.05, 4.69) is 35.9 Å². The maximum Gasteiger partial charge on any atom is 0.407 e. The van der Waals surface area contributed by atoms with Crippen molar-refractivity contribution >= 4 is 12.0 Å². The van der Waals surface area contributed by atoms with Gasteiger partial charge in [-0.2, -0.15) is 0 Å². The molecule has 1 fully saturated rings. The van der Waals surface area contributed by atoms with Crippen LogP contribution in [-0.4, -0.2) is 68.0 Å². The number of nitrogens with one attached hydrogen (secondary N) is 3. The van der Waals surface area contributed by atoms with Crippen LogP contribution in [0.25, 0.3) is 0 Å². The number of benzene rings is 2. The SMILES string of the molecule is CCCCC1(CC[C@@H](NC(=O)OC)C(=O)N[C@@H](Cc2cc(F)cc(F)c2)[C@H](O)CNCc2cccc(CC)c2)OCCCO1. The molecule has 0 bridgehead atoms. The van der Waals surface area contributed by atoms with Crippen LogP contribution in [0.3, 0.4) is 0 Å². The Morgan fingerprint density at radius 3 is 2.36 bits per heavy atom. The van der Waals surface area contributed by atoms with Crippen molar-refractivity contribution in [3.05, 3.63) is 70.8 Å². The lowest BCUT2D eigenvalue weighted by Gasteiger charge is -2.38. The molecule has 3 rings (SSSR count). The van der Waals surface area contributed by atoms with Gasteiger partial charge in [-0.1, -0.05) is 44.5 Å². The van der Waals surface area contributed by atoms with Crippen LogP contribution in [0.1, 0.15) is 69.1 Å². The monoisotopic (exact) mass is 619 g/mol. The van der Waals surface area contributed by atoms with Crippen molar-refractivity contribution in [1.82, 2.24) is 16.0 Å². The fourth-order valence-electron chi connectivity index (χ4n) is 5.33. The summed E-state index contributed by atoms with van der Waals surface area (Å²) in [5, 5.41) is 19.8. The first-order valence-electron chi connectivity index (χ1n) is 15.5. The molecule has 244 valence electrons. The molecule has 9 nitrogen and oxygen atoms in total. The average Bonchev–Trinajstić information content (AvgIpc) is 3.01. The standard InChI is InChI=1S/C33H47F2N3O6/c1-4-6-12-33(43-14-8-15-44-33)13-11-28(38-32(41)42-3)31(40)37-29(19-25-17-26(34)20-27(35)18-25)30(39)22-36-21-24-10-7-9-23(5-2)16-24/h7,9-10,16-18,20,28-30,36,39H,4-6,8,11-15,19,21-22H2,1-3H3,(H,37,40)(H,38,41)/t28-,29+,30-/m1/s1. The third kappa shape index (κ3) is 11.4. The molecule has 1 aliphatic heterocycles. The van der Waals surface area contributed by atoms with Crippen molar-refractivity contribution < 1.29 is 37.7 Å². The molecule has 0 aromatic heterocycles. The molecule has 1 saturated heterocycles. The Kier molecular flexibility index (Phi) is 14.5. The van der Waals surface area contributed by atoms with E-state index in [1.165, 1.54) is 12.7 Å². The highest BCUT2D eigenvalue weighted by molar-refractivity contribution is 5.85. The van der Waals surface area contributed by atoms with Crippen LogP contribution in [0.4, 0.5) is 13.6 Å². The Morgan fingerprint density at radius 1 is 1.00 bits per heavy atom. The number of carbonyl (C=O) groups excluding carboxylic acids is 2. The zero-order valence-corrected chi connectivity index (χ0v) is 26.0. The Morgan fingerprint density at radius 2 is 1.70 bits per heavy atom. The first kappa shape index (κ1) is 35.4. The summed E-state index contributed by atoms with van der Waals surface area (Å²) in [6.45, 7) is 5.79. The number of halogens is 2. The number of aliphatic hydroxyl groups excluding tert-OH is 1. The van der Waals surface area contributed by atoms with Gasteiger partial charge in [0.25, 0.3) is 0 Å². The molecule has 3 atom stereocenters. The second-order valence-corrected chi connectivity index (χ2v) is 11.3. The van der Waals surface area contributed by atoms with Gasteiger partial charge in [0.1, 0.15) is 17.7 Å². The summed E-state index contributed by atoms with van der Waals surface area (Å²) in [7, 11) is 1.20. The van der Waals surface area contributed by atoms with Crippen molar-refractivity contribution in [2.24, 2.45) is 0 Å². The molecule has 1 heterocycles. The van der Waals surface area contributed by atoms with Gasteiger partial charge in [0.2, 0.25) is 5.91 Å². The quantitative estimate of drug-likeness (QED) is 0.206. The topological polar surface area (TPSA) is 118 Å². The third-order valence-electron chi connectivity index (χ3n) is 7.79. The van der Waals surface area contributed by atoms with Crippen molar-refractivity contribution in [3.8, 4) is 0 Å². The highest BCUT2D eigenvalue weighted by atomic mass is 19.1. The molecule has 0 saturated carbocycles. The first-order valence-corrected chi connectivity index (χ1v) is 15.5. The van der Waals surface area contributed by atoms with Crippen LogP contribution in [0, 0.1) is 11.6 Å². The molecular weight excluding hydrogens is 572 g/mol. The molecular formula is C33H47F2N3O6. The Labute approximate surface area is 259 Å². The molecule has 2 aromatic carbocycles. The number of amides is 2. The minimum Gasteiger partial charge on any atom is -0.453 e. The van der Waals surface area contributed by atoms with Crippen LogP contribution < -0.4 is 16.0 Å². The van der Waals surface area contributed by atoms with E-state index < -0.39 is 47.6 Å². The molecule has 0 unspecified atom stereocenters. The summed E-state index contributed by atoms with van der Waals surface area (Å²) in [4.78, 5) is 25.9. The van der Waals surface area contributed by atoms with Gasteiger partial charge < -0.3 is 35.3 Å². The van der Waals surface area contributed by atoms with E-state index in [0.29, 0.717) is 32.6 Å². The zero-order chi connectivity index (χ0) is 32.0. The second-order valence-electron chi connectivity index (χ2n) is 11.3. The number of ether oxygens (including phenoxy) is 3.